The first-order valence-corrected chi connectivity index (χ1v) is 12.1. The molecule has 2 aliphatic rings. The van der Waals surface area contributed by atoms with Crippen LogP contribution in [0.4, 0.5) is 0 Å². The third kappa shape index (κ3) is 3.35. The largest absolute Gasteiger partial charge is 0.497 e. The molecule has 0 saturated heterocycles. The molecule has 2 aromatic carbocycles. The van der Waals surface area contributed by atoms with Gasteiger partial charge < -0.3 is 4.74 Å². The summed E-state index contributed by atoms with van der Waals surface area (Å²) in [7, 11) is 1.70. The van der Waals surface area contributed by atoms with Crippen molar-refractivity contribution in [2.45, 2.75) is 39.8 Å². The SMILES string of the molecule is COc1ccc(/C=C/c2cc[n+]3c(c2)-c2c(c(C)c(C)c4c2-c2cccc[n+]2CC4)CC3)cc1. The zero-order valence-corrected chi connectivity index (χ0v) is 20.1. The Morgan fingerprint density at radius 1 is 0.706 bits per heavy atom. The van der Waals surface area contributed by atoms with Crippen LogP contribution < -0.4 is 13.9 Å². The highest BCUT2D eigenvalue weighted by molar-refractivity contribution is 5.87. The van der Waals surface area contributed by atoms with Crippen molar-refractivity contribution in [1.82, 2.24) is 0 Å². The third-order valence-electron chi connectivity index (χ3n) is 7.62. The van der Waals surface area contributed by atoms with Gasteiger partial charge in [0.1, 0.15) is 5.75 Å². The number of hydrogen-bond acceptors (Lipinski definition) is 1. The van der Waals surface area contributed by atoms with Crippen molar-refractivity contribution in [3.05, 3.63) is 100 Å². The normalized spacial score (nSPS) is 13.7. The molecule has 6 rings (SSSR count). The van der Waals surface area contributed by atoms with Crippen LogP contribution in [0.5, 0.6) is 5.75 Å². The van der Waals surface area contributed by atoms with Gasteiger partial charge in [-0.25, -0.2) is 0 Å². The summed E-state index contributed by atoms with van der Waals surface area (Å²) in [6.07, 6.45) is 11.1. The molecular formula is C31H30N2O+2. The van der Waals surface area contributed by atoms with Crippen LogP contribution in [0, 0.1) is 13.8 Å². The Morgan fingerprint density at radius 2 is 1.35 bits per heavy atom. The van der Waals surface area contributed by atoms with Crippen molar-refractivity contribution in [1.29, 1.82) is 0 Å². The van der Waals surface area contributed by atoms with Crippen LogP contribution in [-0.2, 0) is 25.9 Å². The molecule has 0 bridgehead atoms. The Morgan fingerprint density at radius 3 is 2.06 bits per heavy atom. The minimum Gasteiger partial charge on any atom is -0.497 e. The van der Waals surface area contributed by atoms with E-state index in [-0.39, 0.29) is 0 Å². The van der Waals surface area contributed by atoms with Crippen molar-refractivity contribution in [3.63, 3.8) is 0 Å². The fraction of sp³-hybridized carbons (Fsp3) is 0.226. The zero-order valence-electron chi connectivity index (χ0n) is 20.1. The summed E-state index contributed by atoms with van der Waals surface area (Å²) >= 11 is 0. The lowest BCUT2D eigenvalue weighted by atomic mass is 9.79. The van der Waals surface area contributed by atoms with E-state index in [4.69, 9.17) is 4.74 Å². The van der Waals surface area contributed by atoms with Crippen LogP contribution in [0.3, 0.4) is 0 Å². The highest BCUT2D eigenvalue weighted by Crippen LogP contribution is 2.42. The molecule has 3 heteroatoms. The lowest BCUT2D eigenvalue weighted by Crippen LogP contribution is -2.43. The number of ether oxygens (including phenoxy) is 1. The molecule has 34 heavy (non-hydrogen) atoms. The third-order valence-corrected chi connectivity index (χ3v) is 7.62. The quantitative estimate of drug-likeness (QED) is 0.380. The van der Waals surface area contributed by atoms with Gasteiger partial charge in [0.15, 0.2) is 25.5 Å². The van der Waals surface area contributed by atoms with Gasteiger partial charge >= 0.3 is 0 Å². The molecule has 0 atom stereocenters. The van der Waals surface area contributed by atoms with Crippen molar-refractivity contribution >= 4 is 12.2 Å². The van der Waals surface area contributed by atoms with Gasteiger partial charge in [0, 0.05) is 37.1 Å². The summed E-state index contributed by atoms with van der Waals surface area (Å²) in [4.78, 5) is 0. The average molecular weight is 447 g/mol. The fourth-order valence-electron chi connectivity index (χ4n) is 5.65. The number of pyridine rings is 2. The number of aromatic nitrogens is 2. The first kappa shape index (κ1) is 20.9. The monoisotopic (exact) mass is 446 g/mol. The van der Waals surface area contributed by atoms with Crippen molar-refractivity contribution < 1.29 is 13.9 Å². The second-order valence-corrected chi connectivity index (χ2v) is 9.38. The predicted octanol–water partition coefficient (Wildman–Crippen LogP) is 5.50. The maximum Gasteiger partial charge on any atom is 0.214 e. The molecule has 168 valence electrons. The molecule has 0 fully saturated rings. The van der Waals surface area contributed by atoms with Crippen LogP contribution >= 0.6 is 0 Å². The van der Waals surface area contributed by atoms with E-state index in [0.717, 1.165) is 31.7 Å². The number of rotatable bonds is 3. The highest BCUT2D eigenvalue weighted by Gasteiger charge is 2.35. The van der Waals surface area contributed by atoms with Crippen LogP contribution in [0.25, 0.3) is 34.7 Å². The summed E-state index contributed by atoms with van der Waals surface area (Å²) in [6.45, 7) is 6.72. The summed E-state index contributed by atoms with van der Waals surface area (Å²) in [5.41, 5.74) is 13.9. The molecule has 0 spiro atoms. The molecule has 0 saturated carbocycles. The van der Waals surface area contributed by atoms with E-state index in [1.165, 1.54) is 55.9 Å². The molecule has 3 nitrogen and oxygen atoms in total. The maximum atomic E-state index is 5.29. The zero-order chi connectivity index (χ0) is 23.2. The molecular weight excluding hydrogens is 416 g/mol. The number of hydrogen-bond donors (Lipinski definition) is 0. The van der Waals surface area contributed by atoms with Gasteiger partial charge in [0.05, 0.1) is 18.2 Å². The average Bonchev–Trinajstić information content (AvgIpc) is 2.89. The van der Waals surface area contributed by atoms with E-state index in [1.54, 1.807) is 7.11 Å². The lowest BCUT2D eigenvalue weighted by molar-refractivity contribution is -0.689. The second-order valence-electron chi connectivity index (χ2n) is 9.38. The second kappa shape index (κ2) is 8.25. The standard InChI is InChI=1S/C31H30N2O/c1-21-22(2)27-15-19-33-17-13-24(8-7-23-9-11-25(34-3)12-10-23)20-29(33)31(27)30-26(21)14-18-32-16-5-4-6-28(30)32/h4-13,16-17,20H,14-15,18-19H2,1-3H3/q+2/b8-7+. The number of methoxy groups -OCH3 is 1. The van der Waals surface area contributed by atoms with Gasteiger partial charge in [0.2, 0.25) is 11.4 Å². The van der Waals surface area contributed by atoms with E-state index in [9.17, 15) is 0 Å². The number of fused-ring (bicyclic) bond motifs is 7. The van der Waals surface area contributed by atoms with Gasteiger partial charge in [-0.2, -0.15) is 9.13 Å². The van der Waals surface area contributed by atoms with E-state index in [2.05, 4.69) is 90.0 Å². The van der Waals surface area contributed by atoms with E-state index in [0.29, 0.717) is 0 Å². The van der Waals surface area contributed by atoms with E-state index < -0.39 is 0 Å². The van der Waals surface area contributed by atoms with Crippen LogP contribution in [0.1, 0.15) is 33.4 Å². The van der Waals surface area contributed by atoms with Crippen molar-refractivity contribution in [2.24, 2.45) is 0 Å². The first-order valence-electron chi connectivity index (χ1n) is 12.1. The van der Waals surface area contributed by atoms with Crippen molar-refractivity contribution in [3.8, 4) is 28.3 Å². The maximum absolute atomic E-state index is 5.29. The molecule has 2 aliphatic heterocycles. The van der Waals surface area contributed by atoms with E-state index >= 15 is 0 Å². The number of aryl methyl sites for hydroxylation is 2. The van der Waals surface area contributed by atoms with Crippen LogP contribution in [0.15, 0.2) is 67.0 Å². The van der Waals surface area contributed by atoms with Crippen LogP contribution in [-0.4, -0.2) is 7.11 Å². The summed E-state index contributed by atoms with van der Waals surface area (Å²) in [5, 5.41) is 0. The van der Waals surface area contributed by atoms with Gasteiger partial charge in [-0.1, -0.05) is 24.3 Å². The summed E-state index contributed by atoms with van der Waals surface area (Å²) in [6, 6.07) is 19.4. The molecule has 0 amide bonds. The molecule has 4 heterocycles. The molecule has 0 N–H and O–H groups in total. The van der Waals surface area contributed by atoms with E-state index in [1.807, 2.05) is 12.1 Å². The molecule has 2 aromatic heterocycles. The Labute approximate surface area is 201 Å². The van der Waals surface area contributed by atoms with Gasteiger partial charge in [-0.15, -0.1) is 0 Å². The topological polar surface area (TPSA) is 17.0 Å². The minimum absolute atomic E-state index is 0.882. The fourth-order valence-corrected chi connectivity index (χ4v) is 5.65. The number of benzene rings is 2. The Kier molecular flexibility index (Phi) is 5.06. The highest BCUT2D eigenvalue weighted by atomic mass is 16.5. The summed E-state index contributed by atoms with van der Waals surface area (Å²) in [5.74, 6) is 0.882. The molecule has 0 radical (unpaired) electrons. The van der Waals surface area contributed by atoms with Gasteiger partial charge in [0.25, 0.3) is 0 Å². The number of nitrogens with zero attached hydrogens (tertiary/aromatic N) is 2. The van der Waals surface area contributed by atoms with Crippen LogP contribution in [0.2, 0.25) is 0 Å². The molecule has 0 aliphatic carbocycles. The Balaban J connectivity index is 1.51. The van der Waals surface area contributed by atoms with Gasteiger partial charge in [-0.05, 0) is 65.4 Å². The lowest BCUT2D eigenvalue weighted by Gasteiger charge is -2.26. The van der Waals surface area contributed by atoms with Gasteiger partial charge in [-0.3, -0.25) is 0 Å². The predicted molar refractivity (Wildman–Crippen MR) is 137 cm³/mol. The van der Waals surface area contributed by atoms with Crippen molar-refractivity contribution in [2.75, 3.05) is 7.11 Å². The smallest absolute Gasteiger partial charge is 0.214 e. The first-order chi connectivity index (χ1) is 16.6. The molecule has 4 aromatic rings. The minimum atomic E-state index is 0.882. The summed E-state index contributed by atoms with van der Waals surface area (Å²) < 4.78 is 10.1. The Bertz CT molecular complexity index is 1450. The molecule has 0 unspecified atom stereocenters. The Hall–Kier alpha value is -3.72.